The molecular weight excluding hydrogens is 989 g/mol. The van der Waals surface area contributed by atoms with Crippen LogP contribution < -0.4 is 11.5 Å². The molecule has 13 heterocycles. The molecule has 0 aromatic heterocycles. The summed E-state index contributed by atoms with van der Waals surface area (Å²) in [6, 6.07) is -1.17. The molecule has 428 valence electrons. The highest BCUT2D eigenvalue weighted by molar-refractivity contribution is 5.70. The second-order valence-electron chi connectivity index (χ2n) is 24.6. The van der Waals surface area contributed by atoms with Crippen molar-refractivity contribution in [1.29, 1.82) is 0 Å². The Balaban J connectivity index is 0.720. The maximum absolute atomic E-state index is 14.4. The quantitative estimate of drug-likeness (QED) is 0.162. The van der Waals surface area contributed by atoms with Gasteiger partial charge < -0.3 is 92.7 Å². The largest absolute Gasteiger partial charge is 0.458 e. The molecule has 13 fully saturated rings. The molecule has 20 heteroatoms. The number of fused-ring (bicyclic) bond motifs is 4. The Morgan fingerprint density at radius 2 is 1.43 bits per heavy atom. The molecule has 0 amide bonds. The molecular formula is C56H86N2O18. The number of carbonyl (C=O) groups is 1. The number of carbonyl (C=O) groups excluding carboxylic acids is 1. The summed E-state index contributed by atoms with van der Waals surface area (Å²) < 4.78 is 98.1. The average Bonchev–Trinajstić information content (AvgIpc) is 4.09. The number of rotatable bonds is 12. The standard InChI is InChI=1S/C56H86N2O18/c1-26-12-14-64-39-19-34(60)44(25-59)72-48(39)33(57)13-15-63-32(16-26)23-56(62-5)24-43-38(76-56)21-41-49(71-43)47(58)50(40(68-41)20-37-27(2)6-7-30(66-37)8-10-35-28(3)17-29(4)65-35)73-45(61)18-31-9-11-36-51(67-31)54-55-53(69-36)52-42(70-55)22-46(74-52)75-54/h26,29-44,46-55,59-60H,2-3,6-25,57-58H2,1,4-5H3/t26-,29?,30?,31?,32+,33-,34+,35?,36-,37?,38+,39-,40?,41-,42?,43+,44+,46?,47-,48-,49+,50-,51-,52-,53-,54-,55+,56-/m0/s1. The maximum atomic E-state index is 14.4. The molecule has 0 aliphatic carbocycles. The summed E-state index contributed by atoms with van der Waals surface area (Å²) >= 11 is 0. The van der Waals surface area contributed by atoms with Crippen LogP contribution in [0, 0.1) is 5.92 Å². The van der Waals surface area contributed by atoms with E-state index in [1.54, 1.807) is 7.11 Å². The Morgan fingerprint density at radius 3 is 2.25 bits per heavy atom. The summed E-state index contributed by atoms with van der Waals surface area (Å²) in [5.41, 5.74) is 16.2. The van der Waals surface area contributed by atoms with Crippen molar-refractivity contribution in [1.82, 2.24) is 0 Å². The molecule has 0 aromatic carbocycles. The van der Waals surface area contributed by atoms with Crippen LogP contribution >= 0.6 is 0 Å². The van der Waals surface area contributed by atoms with Gasteiger partial charge in [-0.1, -0.05) is 20.1 Å². The first-order chi connectivity index (χ1) is 36.7. The van der Waals surface area contributed by atoms with Gasteiger partial charge in [-0.25, -0.2) is 0 Å². The Kier molecular flexibility index (Phi) is 16.5. The van der Waals surface area contributed by atoms with E-state index in [2.05, 4.69) is 27.0 Å². The van der Waals surface area contributed by atoms with E-state index >= 15 is 0 Å². The van der Waals surface area contributed by atoms with Gasteiger partial charge in [0, 0.05) is 64.9 Å². The number of methoxy groups -OCH3 is 1. The van der Waals surface area contributed by atoms with Gasteiger partial charge in [-0.2, -0.15) is 0 Å². The summed E-state index contributed by atoms with van der Waals surface area (Å²) in [7, 11) is 1.67. The first kappa shape index (κ1) is 54.8. The third-order valence-electron chi connectivity index (χ3n) is 19.2. The molecule has 28 atom stereocenters. The third kappa shape index (κ3) is 11.2. The molecule has 76 heavy (non-hydrogen) atoms. The van der Waals surface area contributed by atoms with Crippen LogP contribution in [0.15, 0.2) is 24.3 Å². The second kappa shape index (κ2) is 22.9. The maximum Gasteiger partial charge on any atom is 0.308 e. The Labute approximate surface area is 446 Å². The smallest absolute Gasteiger partial charge is 0.308 e. The zero-order chi connectivity index (χ0) is 52.6. The molecule has 0 radical (unpaired) electrons. The van der Waals surface area contributed by atoms with E-state index < -0.39 is 78.8 Å². The Morgan fingerprint density at radius 1 is 0.671 bits per heavy atom. The summed E-state index contributed by atoms with van der Waals surface area (Å²) in [5, 5.41) is 20.5. The number of nitrogens with two attached hydrogens (primary N) is 2. The SMILES string of the molecule is C=C1CC(C)OC1CCC1CCC(=C)C(CC2O[C@H]3C[C@H]4O[C@](C[C@H]5C[C@@H](C)CCO[C@H]6C[C@@H](O)[C@@H](CO)O[C@H]6[C@@H](N)CCO5)(OC)C[C@H]4O[C@H]3[C@H](N)[C@H]2OC(=O)CC2CC[C@@H]3O[C@@H]4[C@H]5OC6CC(O[C@H]5[C@H]3O2)O[C@@H]64)O1. The third-order valence-corrected chi connectivity index (χ3v) is 19.2. The van der Waals surface area contributed by atoms with E-state index in [1.165, 1.54) is 0 Å². The molecule has 20 nitrogen and oxygen atoms in total. The van der Waals surface area contributed by atoms with Crippen molar-refractivity contribution in [3.63, 3.8) is 0 Å². The molecule has 0 spiro atoms. The predicted molar refractivity (Wildman–Crippen MR) is 267 cm³/mol. The van der Waals surface area contributed by atoms with Crippen LogP contribution in [0.4, 0.5) is 0 Å². The molecule has 0 saturated carbocycles. The van der Waals surface area contributed by atoms with Crippen LogP contribution in [0.1, 0.15) is 123 Å². The highest BCUT2D eigenvalue weighted by Gasteiger charge is 2.65. The van der Waals surface area contributed by atoms with Crippen molar-refractivity contribution in [3.05, 3.63) is 24.3 Å². The Hall–Kier alpha value is -1.77. The topological polar surface area (TPSA) is 248 Å². The minimum Gasteiger partial charge on any atom is -0.458 e. The normalized spacial score (nSPS) is 52.2. The molecule has 13 aliphatic rings. The van der Waals surface area contributed by atoms with Gasteiger partial charge in [-0.3, -0.25) is 4.79 Å². The van der Waals surface area contributed by atoms with Crippen molar-refractivity contribution in [3.8, 4) is 0 Å². The average molecular weight is 1080 g/mol. The fraction of sp³-hybridized carbons (Fsp3) is 0.911. The van der Waals surface area contributed by atoms with Crippen LogP contribution in [0.5, 0.6) is 0 Å². The van der Waals surface area contributed by atoms with Gasteiger partial charge in [0.25, 0.3) is 0 Å². The summed E-state index contributed by atoms with van der Waals surface area (Å²) in [5.74, 6) is -1.23. The van der Waals surface area contributed by atoms with E-state index in [1.807, 2.05) is 0 Å². The lowest BCUT2D eigenvalue weighted by Gasteiger charge is -2.50. The fourth-order valence-electron chi connectivity index (χ4n) is 15.1. The van der Waals surface area contributed by atoms with Crippen molar-refractivity contribution in [2.75, 3.05) is 26.9 Å². The molecule has 6 N–H and O–H groups in total. The monoisotopic (exact) mass is 1070 g/mol. The number of ether oxygens (including phenoxy) is 15. The predicted octanol–water partition coefficient (Wildman–Crippen LogP) is 3.09. The van der Waals surface area contributed by atoms with E-state index in [0.29, 0.717) is 71.0 Å². The summed E-state index contributed by atoms with van der Waals surface area (Å²) in [6.45, 7) is 13.5. The molecule has 6 bridgehead atoms. The lowest BCUT2D eigenvalue weighted by atomic mass is 9.83. The van der Waals surface area contributed by atoms with Gasteiger partial charge >= 0.3 is 5.97 Å². The number of aliphatic hydroxyl groups is 2. The summed E-state index contributed by atoms with van der Waals surface area (Å²) in [4.78, 5) is 14.4. The van der Waals surface area contributed by atoms with Crippen molar-refractivity contribution in [2.24, 2.45) is 17.4 Å². The number of esters is 1. The summed E-state index contributed by atoms with van der Waals surface area (Å²) in [6.07, 6.45) is 1.85. The number of hydrogen-bond donors (Lipinski definition) is 4. The second-order valence-corrected chi connectivity index (χ2v) is 24.6. The van der Waals surface area contributed by atoms with E-state index in [9.17, 15) is 15.0 Å². The van der Waals surface area contributed by atoms with Crippen molar-refractivity contribution in [2.45, 2.75) is 288 Å². The van der Waals surface area contributed by atoms with Crippen LogP contribution in [0.3, 0.4) is 0 Å². The minimum absolute atomic E-state index is 0.00572. The molecule has 13 aliphatic heterocycles. The van der Waals surface area contributed by atoms with Gasteiger partial charge in [-0.15, -0.1) is 0 Å². The van der Waals surface area contributed by atoms with Gasteiger partial charge in [0.15, 0.2) is 12.1 Å². The van der Waals surface area contributed by atoms with E-state index in [4.69, 9.17) is 82.5 Å². The molecule has 8 unspecified atom stereocenters. The van der Waals surface area contributed by atoms with Gasteiger partial charge in [-0.05, 0) is 88.2 Å². The number of hydrogen-bond acceptors (Lipinski definition) is 20. The van der Waals surface area contributed by atoms with Crippen LogP contribution in [-0.4, -0.2) is 208 Å². The van der Waals surface area contributed by atoms with Gasteiger partial charge in [0.1, 0.15) is 48.8 Å². The Bertz CT molecular complexity index is 2060. The minimum atomic E-state index is -1.03. The lowest BCUT2D eigenvalue weighted by Crippen LogP contribution is -2.67. The fourth-order valence-corrected chi connectivity index (χ4v) is 15.1. The molecule has 13 saturated heterocycles. The first-order valence-corrected chi connectivity index (χ1v) is 29.1. The van der Waals surface area contributed by atoms with Gasteiger partial charge in [0.05, 0.1) is 111 Å². The van der Waals surface area contributed by atoms with Crippen LogP contribution in [0.2, 0.25) is 0 Å². The number of aliphatic hydroxyl groups excluding tert-OH is 2. The zero-order valence-corrected chi connectivity index (χ0v) is 44.7. The van der Waals surface area contributed by atoms with Gasteiger partial charge in [0.2, 0.25) is 0 Å². The van der Waals surface area contributed by atoms with Crippen LogP contribution in [0.25, 0.3) is 0 Å². The molecule has 13 rings (SSSR count). The highest BCUT2D eigenvalue weighted by Crippen LogP contribution is 2.50. The van der Waals surface area contributed by atoms with Crippen molar-refractivity contribution < 1.29 is 86.1 Å². The first-order valence-electron chi connectivity index (χ1n) is 29.1. The van der Waals surface area contributed by atoms with E-state index in [-0.39, 0.29) is 111 Å². The molecule has 0 aromatic rings. The van der Waals surface area contributed by atoms with Crippen molar-refractivity contribution >= 4 is 5.97 Å². The highest BCUT2D eigenvalue weighted by atomic mass is 16.8. The lowest BCUT2D eigenvalue weighted by molar-refractivity contribution is -0.270. The zero-order valence-electron chi connectivity index (χ0n) is 44.7. The van der Waals surface area contributed by atoms with Crippen LogP contribution in [-0.2, 0) is 75.8 Å². The van der Waals surface area contributed by atoms with E-state index in [0.717, 1.165) is 56.1 Å².